The van der Waals surface area contributed by atoms with Crippen LogP contribution >= 0.6 is 15.9 Å². The minimum atomic E-state index is -5.02. The minimum Gasteiger partial charge on any atom is -0.481 e. The maximum absolute atomic E-state index is 14.4. The zero-order chi connectivity index (χ0) is 30.6. The first kappa shape index (κ1) is 28.9. The molecule has 220 valence electrons. The van der Waals surface area contributed by atoms with Crippen LogP contribution in [0.2, 0.25) is 0 Å². The zero-order valence-electron chi connectivity index (χ0n) is 22.8. The first-order valence-electron chi connectivity index (χ1n) is 13.6. The number of fused-ring (bicyclic) bond motifs is 3. The number of carboxylic acids is 1. The Morgan fingerprint density at radius 2 is 1.74 bits per heavy atom. The number of nitrogens with zero attached hydrogens (tertiary/aromatic N) is 2. The first-order chi connectivity index (χ1) is 20.4. The summed E-state index contributed by atoms with van der Waals surface area (Å²) in [6.07, 6.45) is -1.56. The van der Waals surface area contributed by atoms with Crippen molar-refractivity contribution < 1.29 is 32.6 Å². The number of benzene rings is 2. The number of rotatable bonds is 6. The SMILES string of the molecule is Cc1c(-c2ccccc2)nc2ccc(Br)cc2c1C(=O)NC12CCC(C(=O)O)(C=C1c1cccnc1OC(F)(F)F)CC2. The Bertz CT molecular complexity index is 1800. The predicted molar refractivity (Wildman–Crippen MR) is 157 cm³/mol. The average molecular weight is 652 g/mol. The van der Waals surface area contributed by atoms with Crippen LogP contribution in [0.1, 0.15) is 47.2 Å². The van der Waals surface area contributed by atoms with Crippen molar-refractivity contribution in [3.8, 4) is 17.1 Å². The molecule has 11 heteroatoms. The van der Waals surface area contributed by atoms with Crippen LogP contribution in [0.3, 0.4) is 0 Å². The van der Waals surface area contributed by atoms with Crippen molar-refractivity contribution in [1.29, 1.82) is 0 Å². The monoisotopic (exact) mass is 651 g/mol. The van der Waals surface area contributed by atoms with Gasteiger partial charge in [0.15, 0.2) is 0 Å². The van der Waals surface area contributed by atoms with Crippen molar-refractivity contribution in [1.82, 2.24) is 15.3 Å². The molecule has 43 heavy (non-hydrogen) atoms. The van der Waals surface area contributed by atoms with Crippen LogP contribution in [0.15, 0.2) is 77.4 Å². The van der Waals surface area contributed by atoms with Gasteiger partial charge < -0.3 is 15.2 Å². The number of aromatic nitrogens is 2. The molecule has 0 unspecified atom stereocenters. The molecule has 1 saturated carbocycles. The molecule has 2 aromatic carbocycles. The molecule has 0 atom stereocenters. The fourth-order valence-electron chi connectivity index (χ4n) is 6.32. The molecule has 0 spiro atoms. The smallest absolute Gasteiger partial charge is 0.481 e. The Morgan fingerprint density at radius 3 is 2.42 bits per heavy atom. The number of carbonyl (C=O) groups is 2. The molecule has 0 radical (unpaired) electrons. The molecule has 7 nitrogen and oxygen atoms in total. The maximum atomic E-state index is 14.4. The van der Waals surface area contributed by atoms with Gasteiger partial charge in [-0.1, -0.05) is 52.3 Å². The van der Waals surface area contributed by atoms with Crippen LogP contribution in [-0.4, -0.2) is 38.9 Å². The van der Waals surface area contributed by atoms with E-state index in [0.717, 1.165) is 10.0 Å². The van der Waals surface area contributed by atoms with Gasteiger partial charge >= 0.3 is 12.3 Å². The summed E-state index contributed by atoms with van der Waals surface area (Å²) in [7, 11) is 0. The third kappa shape index (κ3) is 5.15. The summed E-state index contributed by atoms with van der Waals surface area (Å²) in [6.45, 7) is 1.81. The lowest BCUT2D eigenvalue weighted by molar-refractivity contribution is -0.276. The van der Waals surface area contributed by atoms with Crippen LogP contribution in [0.4, 0.5) is 13.2 Å². The Balaban J connectivity index is 1.51. The lowest BCUT2D eigenvalue weighted by atomic mass is 9.57. The van der Waals surface area contributed by atoms with Gasteiger partial charge in [0.25, 0.3) is 5.91 Å². The summed E-state index contributed by atoms with van der Waals surface area (Å²) in [4.78, 5) is 35.5. The second-order valence-corrected chi connectivity index (χ2v) is 11.9. The van der Waals surface area contributed by atoms with E-state index in [1.54, 1.807) is 6.07 Å². The highest BCUT2D eigenvalue weighted by molar-refractivity contribution is 9.10. The highest BCUT2D eigenvalue weighted by Gasteiger charge is 2.54. The number of halogens is 4. The molecule has 0 saturated heterocycles. The number of nitrogens with one attached hydrogen (secondary N) is 1. The Labute approximate surface area is 252 Å². The summed E-state index contributed by atoms with van der Waals surface area (Å²) >= 11 is 3.49. The van der Waals surface area contributed by atoms with Crippen molar-refractivity contribution in [3.05, 3.63) is 94.1 Å². The van der Waals surface area contributed by atoms with Crippen LogP contribution in [0.25, 0.3) is 27.7 Å². The summed E-state index contributed by atoms with van der Waals surface area (Å²) in [5, 5.41) is 13.9. The number of hydrogen-bond donors (Lipinski definition) is 2. The lowest BCUT2D eigenvalue weighted by Crippen LogP contribution is -2.57. The first-order valence-corrected chi connectivity index (χ1v) is 14.4. The van der Waals surface area contributed by atoms with E-state index in [2.05, 4.69) is 31.0 Å². The van der Waals surface area contributed by atoms with Gasteiger partial charge in [0.05, 0.1) is 27.7 Å². The fourth-order valence-corrected chi connectivity index (χ4v) is 6.68. The molecule has 7 rings (SSSR count). The fraction of sp³-hybridized carbons (Fsp3) is 0.250. The van der Waals surface area contributed by atoms with E-state index >= 15 is 0 Å². The van der Waals surface area contributed by atoms with Gasteiger partial charge in [0.2, 0.25) is 5.88 Å². The molecule has 2 N–H and O–H groups in total. The number of pyridine rings is 2. The summed E-state index contributed by atoms with van der Waals surface area (Å²) in [5.41, 5.74) is 0.823. The molecule has 4 aromatic rings. The van der Waals surface area contributed by atoms with Crippen molar-refractivity contribution in [2.45, 2.75) is 44.5 Å². The molecule has 2 aromatic heterocycles. The van der Waals surface area contributed by atoms with Crippen molar-refractivity contribution in [2.24, 2.45) is 5.41 Å². The van der Waals surface area contributed by atoms with Crippen LogP contribution in [0, 0.1) is 12.3 Å². The quantitative estimate of drug-likeness (QED) is 0.224. The molecule has 1 fully saturated rings. The van der Waals surface area contributed by atoms with Crippen molar-refractivity contribution in [3.63, 3.8) is 0 Å². The van der Waals surface area contributed by atoms with Gasteiger partial charge in [-0.25, -0.2) is 9.97 Å². The summed E-state index contributed by atoms with van der Waals surface area (Å²) < 4.78 is 45.1. The molecular formula is C32H25BrF3N3O4. The highest BCUT2D eigenvalue weighted by Crippen LogP contribution is 2.55. The van der Waals surface area contributed by atoms with Crippen molar-refractivity contribution >= 4 is 44.3 Å². The number of hydrogen-bond acceptors (Lipinski definition) is 5. The van der Waals surface area contributed by atoms with Crippen molar-refractivity contribution in [2.75, 3.05) is 0 Å². The predicted octanol–water partition coefficient (Wildman–Crippen LogP) is 7.48. The third-order valence-corrected chi connectivity index (χ3v) is 8.94. The number of alkyl halides is 3. The lowest BCUT2D eigenvalue weighted by Gasteiger charge is -2.51. The number of carboxylic acid groups (broad SMARTS) is 1. The molecule has 3 aliphatic rings. The van der Waals surface area contributed by atoms with Gasteiger partial charge in [0.1, 0.15) is 0 Å². The topological polar surface area (TPSA) is 101 Å². The standard InChI is InChI=1S/C32H25BrF3N3O4/c1-18-25(22-16-20(33)9-10-24(22)38-26(18)19-6-3-2-4-7-19)27(40)39-31-13-11-30(12-14-31,29(41)42)17-23(31)21-8-5-15-37-28(21)43-32(34,35)36/h2-10,15-17H,11-14H2,1H3,(H,39,40)(H,41,42). The van der Waals surface area contributed by atoms with Gasteiger partial charge in [-0.05, 0) is 74.1 Å². The van der Waals surface area contributed by atoms with E-state index in [1.165, 1.54) is 24.4 Å². The Morgan fingerprint density at radius 1 is 1.02 bits per heavy atom. The molecule has 1 amide bonds. The second-order valence-electron chi connectivity index (χ2n) is 10.9. The number of aliphatic carboxylic acids is 1. The van der Waals surface area contributed by atoms with Gasteiger partial charge in [-0.15, -0.1) is 13.2 Å². The number of amides is 1. The van der Waals surface area contributed by atoms with Gasteiger partial charge in [0, 0.05) is 27.2 Å². The van der Waals surface area contributed by atoms with Crippen LogP contribution in [0.5, 0.6) is 5.88 Å². The van der Waals surface area contributed by atoms with E-state index in [1.807, 2.05) is 49.4 Å². The number of ether oxygens (including phenoxy) is 1. The molecule has 2 heterocycles. The van der Waals surface area contributed by atoms with Gasteiger partial charge in [-0.3, -0.25) is 9.59 Å². The second kappa shape index (κ2) is 10.5. The minimum absolute atomic E-state index is 0.0193. The van der Waals surface area contributed by atoms with E-state index in [4.69, 9.17) is 4.98 Å². The largest absolute Gasteiger partial charge is 0.574 e. The Hall–Kier alpha value is -4.25. The summed E-state index contributed by atoms with van der Waals surface area (Å²) in [5.74, 6) is -2.22. The number of carbonyl (C=O) groups excluding carboxylic acids is 1. The summed E-state index contributed by atoms with van der Waals surface area (Å²) in [6, 6.07) is 17.8. The van der Waals surface area contributed by atoms with E-state index in [0.29, 0.717) is 27.7 Å². The van der Waals surface area contributed by atoms with E-state index < -0.39 is 35.1 Å². The zero-order valence-corrected chi connectivity index (χ0v) is 24.4. The van der Waals surface area contributed by atoms with Crippen LogP contribution in [-0.2, 0) is 4.79 Å². The van der Waals surface area contributed by atoms with Crippen LogP contribution < -0.4 is 10.1 Å². The average Bonchev–Trinajstić information content (AvgIpc) is 2.97. The third-order valence-electron chi connectivity index (χ3n) is 8.45. The molecule has 0 aliphatic heterocycles. The van der Waals surface area contributed by atoms with E-state index in [9.17, 15) is 27.9 Å². The van der Waals surface area contributed by atoms with Gasteiger partial charge in [-0.2, -0.15) is 0 Å². The Kier molecular flexibility index (Phi) is 7.03. The maximum Gasteiger partial charge on any atom is 0.574 e. The molecular weight excluding hydrogens is 627 g/mol. The normalized spacial score (nSPS) is 21.4. The molecule has 3 aliphatic carbocycles. The van der Waals surface area contributed by atoms with E-state index in [-0.39, 0.29) is 36.8 Å². The molecule has 2 bridgehead atoms. The highest BCUT2D eigenvalue weighted by atomic mass is 79.9.